The highest BCUT2D eigenvalue weighted by atomic mass is 35.5. The number of piperidine rings is 1. The molecule has 0 spiro atoms. The standard InChI is InChI=1S/C25H27Cl2F3N2O3/c1-24(2,3)35-23(34)32-12-11-21(18(14-32)16-7-10-19(26)20(27)13-16)31(4)22(33)15-5-8-17(9-6-15)25(28,29)30/h5-10,13,18,21H,11-12,14H2,1-4H3/t18-,21+/m0/s1. The minimum Gasteiger partial charge on any atom is -0.444 e. The summed E-state index contributed by atoms with van der Waals surface area (Å²) in [5.41, 5.74) is -0.564. The lowest BCUT2D eigenvalue weighted by Gasteiger charge is -2.43. The monoisotopic (exact) mass is 530 g/mol. The van der Waals surface area contributed by atoms with Gasteiger partial charge in [-0.2, -0.15) is 13.2 Å². The molecule has 0 bridgehead atoms. The summed E-state index contributed by atoms with van der Waals surface area (Å²) in [6.07, 6.45) is -4.51. The SMILES string of the molecule is CN(C(=O)c1ccc(C(F)(F)F)cc1)[C@@H]1CCN(C(=O)OC(C)(C)C)C[C@H]1c1ccc(Cl)c(Cl)c1. The average molecular weight is 531 g/mol. The van der Waals surface area contributed by atoms with E-state index >= 15 is 0 Å². The first-order chi connectivity index (χ1) is 16.2. The molecule has 0 radical (unpaired) electrons. The molecule has 0 unspecified atom stereocenters. The van der Waals surface area contributed by atoms with E-state index in [0.29, 0.717) is 23.0 Å². The number of carbonyl (C=O) groups is 2. The van der Waals surface area contributed by atoms with Crippen LogP contribution in [-0.4, -0.2) is 53.6 Å². The number of carbonyl (C=O) groups excluding carboxylic acids is 2. The number of likely N-dealkylation sites (N-methyl/N-ethyl adjacent to an activating group) is 1. The van der Waals surface area contributed by atoms with Gasteiger partial charge >= 0.3 is 12.3 Å². The highest BCUT2D eigenvalue weighted by Crippen LogP contribution is 2.35. The van der Waals surface area contributed by atoms with E-state index in [-0.39, 0.29) is 24.1 Å². The molecule has 2 aromatic rings. The predicted molar refractivity (Wildman–Crippen MR) is 129 cm³/mol. The number of hydrogen-bond acceptors (Lipinski definition) is 3. The summed E-state index contributed by atoms with van der Waals surface area (Å²) in [6, 6.07) is 8.93. The van der Waals surface area contributed by atoms with Gasteiger partial charge in [0, 0.05) is 37.7 Å². The average Bonchev–Trinajstić information content (AvgIpc) is 2.78. The van der Waals surface area contributed by atoms with Gasteiger partial charge in [0.25, 0.3) is 5.91 Å². The third-order valence-corrected chi connectivity index (χ3v) is 6.62. The van der Waals surface area contributed by atoms with Gasteiger partial charge in [-0.3, -0.25) is 4.79 Å². The second kappa shape index (κ2) is 10.3. The molecule has 2 atom stereocenters. The van der Waals surface area contributed by atoms with Crippen molar-refractivity contribution in [3.63, 3.8) is 0 Å². The number of hydrogen-bond donors (Lipinski definition) is 0. The van der Waals surface area contributed by atoms with Crippen LogP contribution in [0.5, 0.6) is 0 Å². The Hall–Kier alpha value is -2.45. The highest BCUT2D eigenvalue weighted by Gasteiger charge is 2.38. The zero-order chi connectivity index (χ0) is 26.1. The normalized spacial score (nSPS) is 18.8. The molecule has 10 heteroatoms. The van der Waals surface area contributed by atoms with Crippen LogP contribution in [0.2, 0.25) is 10.0 Å². The first-order valence-electron chi connectivity index (χ1n) is 11.0. The van der Waals surface area contributed by atoms with Crippen LogP contribution in [0.15, 0.2) is 42.5 Å². The van der Waals surface area contributed by atoms with Crippen LogP contribution < -0.4 is 0 Å². The number of rotatable bonds is 3. The Bertz CT molecular complexity index is 1080. The lowest BCUT2D eigenvalue weighted by atomic mass is 9.85. The summed E-state index contributed by atoms with van der Waals surface area (Å²) in [5, 5.41) is 0.718. The van der Waals surface area contributed by atoms with Gasteiger partial charge in [0.1, 0.15) is 5.60 Å². The third kappa shape index (κ3) is 6.61. The van der Waals surface area contributed by atoms with E-state index in [1.54, 1.807) is 50.9 Å². The number of nitrogens with zero attached hydrogens (tertiary/aromatic N) is 2. The van der Waals surface area contributed by atoms with Crippen molar-refractivity contribution in [2.75, 3.05) is 20.1 Å². The van der Waals surface area contributed by atoms with Crippen molar-refractivity contribution in [1.29, 1.82) is 0 Å². The van der Waals surface area contributed by atoms with Gasteiger partial charge in [-0.15, -0.1) is 0 Å². The van der Waals surface area contributed by atoms with Crippen molar-refractivity contribution in [3.8, 4) is 0 Å². The van der Waals surface area contributed by atoms with Crippen LogP contribution in [0.3, 0.4) is 0 Å². The molecule has 1 aliphatic rings. The topological polar surface area (TPSA) is 49.9 Å². The molecule has 5 nitrogen and oxygen atoms in total. The van der Waals surface area contributed by atoms with Crippen LogP contribution >= 0.6 is 23.2 Å². The summed E-state index contributed by atoms with van der Waals surface area (Å²) in [4.78, 5) is 29.0. The van der Waals surface area contributed by atoms with Gasteiger partial charge in [-0.05, 0) is 69.2 Å². The fraction of sp³-hybridized carbons (Fsp3) is 0.440. The molecule has 2 aromatic carbocycles. The number of benzene rings is 2. The maximum atomic E-state index is 13.2. The highest BCUT2D eigenvalue weighted by molar-refractivity contribution is 6.42. The Morgan fingerprint density at radius 1 is 1.03 bits per heavy atom. The Morgan fingerprint density at radius 3 is 2.20 bits per heavy atom. The molecule has 0 N–H and O–H groups in total. The molecule has 1 aliphatic heterocycles. The number of alkyl halides is 3. The van der Waals surface area contributed by atoms with Crippen LogP contribution in [0.4, 0.5) is 18.0 Å². The van der Waals surface area contributed by atoms with Gasteiger partial charge in [-0.25, -0.2) is 4.79 Å². The van der Waals surface area contributed by atoms with Crippen molar-refractivity contribution in [2.24, 2.45) is 0 Å². The molecule has 1 fully saturated rings. The van der Waals surface area contributed by atoms with Crippen molar-refractivity contribution in [3.05, 3.63) is 69.2 Å². The molecule has 0 aromatic heterocycles. The Morgan fingerprint density at radius 2 is 1.66 bits per heavy atom. The van der Waals surface area contributed by atoms with Crippen molar-refractivity contribution >= 4 is 35.2 Å². The molecular weight excluding hydrogens is 504 g/mol. The summed E-state index contributed by atoms with van der Waals surface area (Å²) in [6.45, 7) is 5.96. The number of amides is 2. The van der Waals surface area contributed by atoms with Gasteiger partial charge in [-0.1, -0.05) is 29.3 Å². The van der Waals surface area contributed by atoms with Gasteiger partial charge < -0.3 is 14.5 Å². The fourth-order valence-corrected chi connectivity index (χ4v) is 4.43. The van der Waals surface area contributed by atoms with Crippen molar-refractivity contribution in [1.82, 2.24) is 9.80 Å². The first kappa shape index (κ1) is 27.1. The van der Waals surface area contributed by atoms with Gasteiger partial charge in [0.15, 0.2) is 0 Å². The van der Waals surface area contributed by atoms with Gasteiger partial charge in [0.05, 0.1) is 15.6 Å². The minimum atomic E-state index is -4.49. The molecule has 0 saturated carbocycles. The van der Waals surface area contributed by atoms with Crippen LogP contribution in [0.1, 0.15) is 54.6 Å². The summed E-state index contributed by atoms with van der Waals surface area (Å²) in [7, 11) is 1.61. The maximum Gasteiger partial charge on any atom is 0.416 e. The Balaban J connectivity index is 1.88. The Kier molecular flexibility index (Phi) is 7.96. The molecule has 190 valence electrons. The van der Waals surface area contributed by atoms with Crippen LogP contribution in [0.25, 0.3) is 0 Å². The largest absolute Gasteiger partial charge is 0.444 e. The maximum absolute atomic E-state index is 13.2. The summed E-state index contributed by atoms with van der Waals surface area (Å²) in [5.74, 6) is -0.742. The molecule has 2 amide bonds. The van der Waals surface area contributed by atoms with Crippen molar-refractivity contribution < 1.29 is 27.5 Å². The summed E-state index contributed by atoms with van der Waals surface area (Å²) >= 11 is 12.3. The van der Waals surface area contributed by atoms with E-state index < -0.39 is 29.3 Å². The molecule has 1 heterocycles. The number of halogens is 5. The molecule has 3 rings (SSSR count). The molecule has 1 saturated heterocycles. The second-order valence-electron chi connectivity index (χ2n) is 9.55. The fourth-order valence-electron chi connectivity index (χ4n) is 4.12. The molecule has 35 heavy (non-hydrogen) atoms. The minimum absolute atomic E-state index is 0.142. The summed E-state index contributed by atoms with van der Waals surface area (Å²) < 4.78 is 44.3. The first-order valence-corrected chi connectivity index (χ1v) is 11.8. The van der Waals surface area contributed by atoms with Crippen molar-refractivity contribution in [2.45, 2.75) is 50.9 Å². The van der Waals surface area contributed by atoms with E-state index in [1.165, 1.54) is 17.0 Å². The van der Waals surface area contributed by atoms with E-state index in [2.05, 4.69) is 0 Å². The van der Waals surface area contributed by atoms with Crippen LogP contribution in [-0.2, 0) is 10.9 Å². The smallest absolute Gasteiger partial charge is 0.416 e. The quantitative estimate of drug-likeness (QED) is 0.434. The lowest BCUT2D eigenvalue weighted by Crippen LogP contribution is -2.52. The predicted octanol–water partition coefficient (Wildman–Crippen LogP) is 6.88. The van der Waals surface area contributed by atoms with E-state index in [9.17, 15) is 22.8 Å². The number of likely N-dealkylation sites (tertiary alicyclic amines) is 1. The van der Waals surface area contributed by atoms with Gasteiger partial charge in [0.2, 0.25) is 0 Å². The second-order valence-corrected chi connectivity index (χ2v) is 10.4. The van der Waals surface area contributed by atoms with E-state index in [1.807, 2.05) is 0 Å². The van der Waals surface area contributed by atoms with Crippen LogP contribution in [0, 0.1) is 0 Å². The Labute approximate surface area is 212 Å². The number of ether oxygens (including phenoxy) is 1. The molecule has 0 aliphatic carbocycles. The van der Waals surface area contributed by atoms with E-state index in [4.69, 9.17) is 27.9 Å². The zero-order valence-electron chi connectivity index (χ0n) is 19.8. The third-order valence-electron chi connectivity index (χ3n) is 5.88. The molecular formula is C25H27Cl2F3N2O3. The lowest BCUT2D eigenvalue weighted by molar-refractivity contribution is -0.137. The van der Waals surface area contributed by atoms with E-state index in [0.717, 1.165) is 17.7 Å². The zero-order valence-corrected chi connectivity index (χ0v) is 21.3.